The first-order valence-electron chi connectivity index (χ1n) is 11.6. The molecule has 2 heterocycles. The normalized spacial score (nSPS) is 15.2. The van der Waals surface area contributed by atoms with Gasteiger partial charge in [0.05, 0.1) is 33.7 Å². The number of rotatable bonds is 12. The monoisotopic (exact) mass is 506 g/mol. The summed E-state index contributed by atoms with van der Waals surface area (Å²) in [6.45, 7) is 5.24. The Hall–Kier alpha value is -2.78. The number of amides is 3. The number of nitrogens with one attached hydrogen (secondary N) is 3. The molecule has 1 fully saturated rings. The number of ether oxygens (including phenoxy) is 1. The van der Waals surface area contributed by atoms with E-state index >= 15 is 0 Å². The standard InChI is InChI=1S/C24H31ClN4O4S/c1-3-5-6-7-12-26-18-9-8-16(13-19(18)28-22(30)4-2)29-15-17(33-24(29)32)14-27-23(31)20-10-11-21(25)34-20/h8-11,13,17,26H,3-7,12,14-15H2,1-2H3,(H,27,31)(H,28,30). The summed E-state index contributed by atoms with van der Waals surface area (Å²) in [5.74, 6) is -0.366. The largest absolute Gasteiger partial charge is 0.442 e. The second-order valence-electron chi connectivity index (χ2n) is 8.05. The van der Waals surface area contributed by atoms with Crippen LogP contribution in [0.2, 0.25) is 4.34 Å². The fraction of sp³-hybridized carbons (Fsp3) is 0.458. The number of hydrogen-bond acceptors (Lipinski definition) is 6. The minimum absolute atomic E-state index is 0.107. The highest BCUT2D eigenvalue weighted by atomic mass is 35.5. The molecule has 184 valence electrons. The summed E-state index contributed by atoms with van der Waals surface area (Å²) in [7, 11) is 0. The van der Waals surface area contributed by atoms with Crippen LogP contribution >= 0.6 is 22.9 Å². The molecule has 1 aromatic carbocycles. The second-order valence-corrected chi connectivity index (χ2v) is 9.76. The molecule has 10 heteroatoms. The average Bonchev–Trinajstić information content (AvgIpc) is 3.43. The van der Waals surface area contributed by atoms with Gasteiger partial charge in [0.15, 0.2) is 0 Å². The first-order valence-corrected chi connectivity index (χ1v) is 12.8. The quantitative estimate of drug-likeness (QED) is 0.330. The van der Waals surface area contributed by atoms with E-state index in [4.69, 9.17) is 16.3 Å². The van der Waals surface area contributed by atoms with Gasteiger partial charge >= 0.3 is 6.09 Å². The Balaban J connectivity index is 1.63. The highest BCUT2D eigenvalue weighted by molar-refractivity contribution is 7.18. The fourth-order valence-electron chi connectivity index (χ4n) is 3.54. The van der Waals surface area contributed by atoms with E-state index in [0.717, 1.165) is 25.1 Å². The lowest BCUT2D eigenvalue weighted by atomic mass is 10.2. The van der Waals surface area contributed by atoms with E-state index in [-0.39, 0.29) is 24.9 Å². The van der Waals surface area contributed by atoms with Crippen LogP contribution in [0, 0.1) is 0 Å². The van der Waals surface area contributed by atoms with E-state index in [1.165, 1.54) is 29.1 Å². The molecule has 3 N–H and O–H groups in total. The highest BCUT2D eigenvalue weighted by Gasteiger charge is 2.33. The van der Waals surface area contributed by atoms with Gasteiger partial charge in [-0.1, -0.05) is 44.7 Å². The molecule has 3 amide bonds. The minimum atomic E-state index is -0.494. The third kappa shape index (κ3) is 7.11. The van der Waals surface area contributed by atoms with Crippen molar-refractivity contribution in [2.24, 2.45) is 0 Å². The van der Waals surface area contributed by atoms with Crippen molar-refractivity contribution in [3.63, 3.8) is 0 Å². The molecule has 0 radical (unpaired) electrons. The molecule has 3 rings (SSSR count). The van der Waals surface area contributed by atoms with Crippen molar-refractivity contribution >= 4 is 57.9 Å². The van der Waals surface area contributed by atoms with Gasteiger partial charge in [-0.05, 0) is 36.8 Å². The minimum Gasteiger partial charge on any atom is -0.442 e. The van der Waals surface area contributed by atoms with Crippen molar-refractivity contribution in [1.29, 1.82) is 0 Å². The summed E-state index contributed by atoms with van der Waals surface area (Å²) in [5, 5.41) is 9.08. The van der Waals surface area contributed by atoms with Gasteiger partial charge in [0.1, 0.15) is 6.10 Å². The molecule has 1 aromatic heterocycles. The Morgan fingerprint density at radius 3 is 2.68 bits per heavy atom. The van der Waals surface area contributed by atoms with E-state index < -0.39 is 12.2 Å². The zero-order valence-electron chi connectivity index (χ0n) is 19.5. The zero-order chi connectivity index (χ0) is 24.5. The van der Waals surface area contributed by atoms with Crippen LogP contribution in [0.15, 0.2) is 30.3 Å². The number of nitrogens with zero attached hydrogens (tertiary/aromatic N) is 1. The molecule has 8 nitrogen and oxygen atoms in total. The number of anilines is 3. The number of carbonyl (C=O) groups excluding carboxylic acids is 3. The lowest BCUT2D eigenvalue weighted by Gasteiger charge is -2.18. The van der Waals surface area contributed by atoms with Crippen molar-refractivity contribution < 1.29 is 19.1 Å². The summed E-state index contributed by atoms with van der Waals surface area (Å²) in [6.07, 6.45) is 3.92. The molecule has 1 atom stereocenters. The molecular weight excluding hydrogens is 476 g/mol. The molecular formula is C24H31ClN4O4S. The van der Waals surface area contributed by atoms with E-state index in [9.17, 15) is 14.4 Å². The van der Waals surface area contributed by atoms with Crippen LogP contribution in [0.5, 0.6) is 0 Å². The van der Waals surface area contributed by atoms with Gasteiger partial charge in [0, 0.05) is 18.7 Å². The summed E-state index contributed by atoms with van der Waals surface area (Å²) < 4.78 is 5.98. The number of halogens is 1. The third-order valence-electron chi connectivity index (χ3n) is 5.42. The SMILES string of the molecule is CCCCCCNc1ccc(N2CC(CNC(=O)c3ccc(Cl)s3)OC2=O)cc1NC(=O)CC. The average molecular weight is 507 g/mol. The smallest absolute Gasteiger partial charge is 0.414 e. The van der Waals surface area contributed by atoms with Gasteiger partial charge in [-0.3, -0.25) is 14.5 Å². The van der Waals surface area contributed by atoms with E-state index in [1.807, 2.05) is 12.1 Å². The number of benzene rings is 1. The molecule has 0 spiro atoms. The van der Waals surface area contributed by atoms with Crippen LogP contribution in [0.25, 0.3) is 0 Å². The van der Waals surface area contributed by atoms with Crippen molar-refractivity contribution in [2.45, 2.75) is 52.1 Å². The Morgan fingerprint density at radius 1 is 1.15 bits per heavy atom. The van der Waals surface area contributed by atoms with Crippen LogP contribution in [0.4, 0.5) is 21.9 Å². The predicted octanol–water partition coefficient (Wildman–Crippen LogP) is 5.50. The van der Waals surface area contributed by atoms with Crippen LogP contribution in [-0.4, -0.2) is 43.6 Å². The third-order valence-corrected chi connectivity index (χ3v) is 6.65. The van der Waals surface area contributed by atoms with Gasteiger partial charge in [-0.15, -0.1) is 11.3 Å². The maximum absolute atomic E-state index is 12.5. The molecule has 1 saturated heterocycles. The van der Waals surface area contributed by atoms with Gasteiger partial charge in [-0.2, -0.15) is 0 Å². The number of carbonyl (C=O) groups is 3. The van der Waals surface area contributed by atoms with E-state index in [2.05, 4.69) is 22.9 Å². The van der Waals surface area contributed by atoms with Crippen LogP contribution < -0.4 is 20.9 Å². The van der Waals surface area contributed by atoms with Crippen molar-refractivity contribution in [1.82, 2.24) is 5.32 Å². The summed E-state index contributed by atoms with van der Waals surface area (Å²) in [5.41, 5.74) is 2.05. The van der Waals surface area contributed by atoms with E-state index in [1.54, 1.807) is 25.1 Å². The lowest BCUT2D eigenvalue weighted by molar-refractivity contribution is -0.115. The van der Waals surface area contributed by atoms with Crippen LogP contribution in [0.3, 0.4) is 0 Å². The maximum Gasteiger partial charge on any atom is 0.414 e. The molecule has 0 saturated carbocycles. The van der Waals surface area contributed by atoms with Gasteiger partial charge in [-0.25, -0.2) is 4.79 Å². The molecule has 1 aliphatic rings. The molecule has 34 heavy (non-hydrogen) atoms. The predicted molar refractivity (Wildman–Crippen MR) is 137 cm³/mol. The van der Waals surface area contributed by atoms with Gasteiger partial charge in [0.25, 0.3) is 5.91 Å². The zero-order valence-corrected chi connectivity index (χ0v) is 21.1. The topological polar surface area (TPSA) is 99.8 Å². The fourth-order valence-corrected chi connectivity index (χ4v) is 4.50. The molecule has 1 unspecified atom stereocenters. The molecule has 1 aliphatic heterocycles. The lowest BCUT2D eigenvalue weighted by Crippen LogP contribution is -2.34. The van der Waals surface area contributed by atoms with Gasteiger partial charge < -0.3 is 20.7 Å². The molecule has 0 bridgehead atoms. The molecule has 2 aromatic rings. The van der Waals surface area contributed by atoms with Crippen LogP contribution in [-0.2, 0) is 9.53 Å². The summed E-state index contributed by atoms with van der Waals surface area (Å²) in [6, 6.07) is 8.78. The Morgan fingerprint density at radius 2 is 1.97 bits per heavy atom. The maximum atomic E-state index is 12.5. The van der Waals surface area contributed by atoms with Crippen LogP contribution in [0.1, 0.15) is 55.6 Å². The van der Waals surface area contributed by atoms with Crippen molar-refractivity contribution in [2.75, 3.05) is 35.2 Å². The Bertz CT molecular complexity index is 1010. The summed E-state index contributed by atoms with van der Waals surface area (Å²) >= 11 is 7.07. The number of cyclic esters (lactones) is 1. The summed E-state index contributed by atoms with van der Waals surface area (Å²) in [4.78, 5) is 38.8. The van der Waals surface area contributed by atoms with Gasteiger partial charge in [0.2, 0.25) is 5.91 Å². The number of unbranched alkanes of at least 4 members (excludes halogenated alkanes) is 3. The first-order chi connectivity index (χ1) is 16.4. The van der Waals surface area contributed by atoms with Crippen molar-refractivity contribution in [3.05, 3.63) is 39.5 Å². The van der Waals surface area contributed by atoms with Crippen molar-refractivity contribution in [3.8, 4) is 0 Å². The first kappa shape index (κ1) is 25.8. The highest BCUT2D eigenvalue weighted by Crippen LogP contribution is 2.31. The Labute approximate surface area is 209 Å². The Kier molecular flexibility index (Phi) is 9.59. The second kappa shape index (κ2) is 12.6. The van der Waals surface area contributed by atoms with E-state index in [0.29, 0.717) is 27.0 Å². The number of thiophene rings is 1. The molecule has 0 aliphatic carbocycles. The number of hydrogen-bond donors (Lipinski definition) is 3.